The molecule has 1 fully saturated rings. The van der Waals surface area contributed by atoms with E-state index in [4.69, 9.17) is 5.73 Å². The predicted molar refractivity (Wildman–Crippen MR) is 61.5 cm³/mol. The minimum absolute atomic E-state index is 0.170. The highest BCUT2D eigenvalue weighted by atomic mass is 32.1. The Morgan fingerprint density at radius 3 is 3.07 bits per heavy atom. The molecule has 2 N–H and O–H groups in total. The molecule has 2 atom stereocenters. The third kappa shape index (κ3) is 1.31. The Bertz CT molecular complexity index is 296. The summed E-state index contributed by atoms with van der Waals surface area (Å²) in [6.07, 6.45) is 1.22. The molecule has 2 rings (SSSR count). The van der Waals surface area contributed by atoms with Gasteiger partial charge in [0.25, 0.3) is 0 Å². The molecule has 2 heterocycles. The van der Waals surface area contributed by atoms with Crippen LogP contribution in [0, 0.1) is 5.92 Å². The van der Waals surface area contributed by atoms with Crippen molar-refractivity contribution in [1.29, 1.82) is 0 Å². The highest BCUT2D eigenvalue weighted by Gasteiger charge is 2.44. The zero-order valence-corrected chi connectivity index (χ0v) is 9.68. The fourth-order valence-electron chi connectivity index (χ4n) is 2.48. The van der Waals surface area contributed by atoms with Crippen molar-refractivity contribution in [2.24, 2.45) is 11.7 Å². The van der Waals surface area contributed by atoms with E-state index in [0.29, 0.717) is 5.92 Å². The Morgan fingerprint density at radius 2 is 2.50 bits per heavy atom. The van der Waals surface area contributed by atoms with E-state index in [1.165, 1.54) is 11.3 Å². The molecule has 1 saturated heterocycles. The van der Waals surface area contributed by atoms with Gasteiger partial charge in [0.2, 0.25) is 0 Å². The van der Waals surface area contributed by atoms with Crippen molar-refractivity contribution in [3.8, 4) is 0 Å². The average Bonchev–Trinajstić information content (AvgIpc) is 2.77. The molecule has 2 nitrogen and oxygen atoms in total. The van der Waals surface area contributed by atoms with E-state index < -0.39 is 0 Å². The fraction of sp³-hybridized carbons (Fsp3) is 0.636. The van der Waals surface area contributed by atoms with E-state index in [1.807, 2.05) is 11.3 Å². The Labute approximate surface area is 89.7 Å². The van der Waals surface area contributed by atoms with Gasteiger partial charge in [0.1, 0.15) is 0 Å². The van der Waals surface area contributed by atoms with Gasteiger partial charge >= 0.3 is 0 Å². The lowest BCUT2D eigenvalue weighted by Gasteiger charge is -2.36. The first-order valence-electron chi connectivity index (χ1n) is 5.15. The van der Waals surface area contributed by atoms with Gasteiger partial charge in [-0.3, -0.25) is 4.90 Å². The molecule has 0 aliphatic carbocycles. The van der Waals surface area contributed by atoms with Gasteiger partial charge in [-0.15, -0.1) is 11.3 Å². The van der Waals surface area contributed by atoms with Gasteiger partial charge in [-0.2, -0.15) is 0 Å². The van der Waals surface area contributed by atoms with Gasteiger partial charge < -0.3 is 5.73 Å². The minimum atomic E-state index is 0.170. The molecule has 78 valence electrons. The summed E-state index contributed by atoms with van der Waals surface area (Å²) in [5.41, 5.74) is 6.03. The molecule has 1 aliphatic heterocycles. The molecule has 0 radical (unpaired) electrons. The lowest BCUT2D eigenvalue weighted by atomic mass is 9.85. The van der Waals surface area contributed by atoms with E-state index in [0.717, 1.165) is 13.1 Å². The molecule has 0 aromatic carbocycles. The van der Waals surface area contributed by atoms with Crippen LogP contribution in [-0.4, -0.2) is 25.0 Å². The molecule has 0 amide bonds. The van der Waals surface area contributed by atoms with Gasteiger partial charge in [0, 0.05) is 4.88 Å². The molecule has 1 aromatic rings. The van der Waals surface area contributed by atoms with Crippen molar-refractivity contribution < 1.29 is 0 Å². The maximum atomic E-state index is 5.86. The summed E-state index contributed by atoms with van der Waals surface area (Å²) < 4.78 is 0. The monoisotopic (exact) mass is 210 g/mol. The predicted octanol–water partition coefficient (Wildman–Crippen LogP) is 1.87. The Balaban J connectivity index is 2.36. The SMILES string of the molecule is CN1CCC(CN)C1(C)c1cccs1. The summed E-state index contributed by atoms with van der Waals surface area (Å²) in [5.74, 6) is 0.603. The smallest absolute Gasteiger partial charge is 0.0563 e. The Hall–Kier alpha value is -0.380. The third-order valence-corrected chi connectivity index (χ3v) is 4.80. The van der Waals surface area contributed by atoms with E-state index in [-0.39, 0.29) is 5.54 Å². The number of hydrogen-bond donors (Lipinski definition) is 1. The number of thiophene rings is 1. The standard InChI is InChI=1S/C11H18N2S/c1-11(10-4-3-7-14-10)9(8-12)5-6-13(11)2/h3-4,7,9H,5-6,8,12H2,1-2H3. The molecule has 14 heavy (non-hydrogen) atoms. The van der Waals surface area contributed by atoms with Gasteiger partial charge in [-0.05, 0) is 50.8 Å². The van der Waals surface area contributed by atoms with Crippen LogP contribution in [-0.2, 0) is 5.54 Å². The van der Waals surface area contributed by atoms with Crippen molar-refractivity contribution in [3.05, 3.63) is 22.4 Å². The van der Waals surface area contributed by atoms with Crippen LogP contribution >= 0.6 is 11.3 Å². The Kier molecular flexibility index (Phi) is 2.64. The Morgan fingerprint density at radius 1 is 1.71 bits per heavy atom. The van der Waals surface area contributed by atoms with Crippen LogP contribution in [0.3, 0.4) is 0 Å². The third-order valence-electron chi connectivity index (χ3n) is 3.71. The zero-order chi connectivity index (χ0) is 10.2. The van der Waals surface area contributed by atoms with Crippen molar-refractivity contribution in [2.75, 3.05) is 20.1 Å². The summed E-state index contributed by atoms with van der Waals surface area (Å²) in [4.78, 5) is 3.89. The molecule has 2 unspecified atom stereocenters. The largest absolute Gasteiger partial charge is 0.330 e. The quantitative estimate of drug-likeness (QED) is 0.807. The first-order chi connectivity index (χ1) is 6.69. The van der Waals surface area contributed by atoms with E-state index >= 15 is 0 Å². The molecule has 0 spiro atoms. The zero-order valence-electron chi connectivity index (χ0n) is 8.86. The topological polar surface area (TPSA) is 29.3 Å². The molecule has 1 aromatic heterocycles. The average molecular weight is 210 g/mol. The molecule has 0 saturated carbocycles. The number of nitrogens with two attached hydrogens (primary N) is 1. The van der Waals surface area contributed by atoms with E-state index in [1.54, 1.807) is 0 Å². The van der Waals surface area contributed by atoms with Gasteiger partial charge in [0.15, 0.2) is 0 Å². The summed E-state index contributed by atoms with van der Waals surface area (Å²) in [6.45, 7) is 4.28. The molecule has 3 heteroatoms. The normalized spacial score (nSPS) is 33.8. The maximum absolute atomic E-state index is 5.86. The van der Waals surface area contributed by atoms with E-state index in [2.05, 4.69) is 36.4 Å². The molecular formula is C11H18N2S. The number of likely N-dealkylation sites (tertiary alicyclic amines) is 1. The minimum Gasteiger partial charge on any atom is -0.330 e. The van der Waals surface area contributed by atoms with Crippen LogP contribution in [0.25, 0.3) is 0 Å². The van der Waals surface area contributed by atoms with E-state index in [9.17, 15) is 0 Å². The van der Waals surface area contributed by atoms with Crippen LogP contribution in [0.5, 0.6) is 0 Å². The first-order valence-corrected chi connectivity index (χ1v) is 6.03. The van der Waals surface area contributed by atoms with Crippen LogP contribution in [0.2, 0.25) is 0 Å². The van der Waals surface area contributed by atoms with Crippen molar-refractivity contribution in [1.82, 2.24) is 4.90 Å². The highest BCUT2D eigenvalue weighted by Crippen LogP contribution is 2.43. The van der Waals surface area contributed by atoms with Crippen molar-refractivity contribution >= 4 is 11.3 Å². The lowest BCUT2D eigenvalue weighted by Crippen LogP contribution is -2.41. The lowest BCUT2D eigenvalue weighted by molar-refractivity contribution is 0.157. The second-order valence-electron chi connectivity index (χ2n) is 4.27. The van der Waals surface area contributed by atoms with Gasteiger partial charge in [0.05, 0.1) is 5.54 Å². The molecular weight excluding hydrogens is 192 g/mol. The summed E-state index contributed by atoms with van der Waals surface area (Å²) in [7, 11) is 2.20. The number of hydrogen-bond acceptors (Lipinski definition) is 3. The van der Waals surface area contributed by atoms with Gasteiger partial charge in [-0.25, -0.2) is 0 Å². The number of nitrogens with zero attached hydrogens (tertiary/aromatic N) is 1. The van der Waals surface area contributed by atoms with Gasteiger partial charge in [-0.1, -0.05) is 6.07 Å². The van der Waals surface area contributed by atoms with Crippen molar-refractivity contribution in [2.45, 2.75) is 18.9 Å². The van der Waals surface area contributed by atoms with Crippen LogP contribution in [0.1, 0.15) is 18.2 Å². The summed E-state index contributed by atoms with van der Waals surface area (Å²) in [5, 5.41) is 2.15. The maximum Gasteiger partial charge on any atom is 0.0563 e. The van der Waals surface area contributed by atoms with Crippen LogP contribution in [0.4, 0.5) is 0 Å². The summed E-state index contributed by atoms with van der Waals surface area (Å²) in [6, 6.07) is 4.36. The fourth-order valence-corrected chi connectivity index (χ4v) is 3.50. The second kappa shape index (κ2) is 3.65. The molecule has 1 aliphatic rings. The highest BCUT2D eigenvalue weighted by molar-refractivity contribution is 7.10. The number of rotatable bonds is 2. The van der Waals surface area contributed by atoms with Crippen molar-refractivity contribution in [3.63, 3.8) is 0 Å². The molecule has 0 bridgehead atoms. The summed E-state index contributed by atoms with van der Waals surface area (Å²) >= 11 is 1.84. The second-order valence-corrected chi connectivity index (χ2v) is 5.22. The van der Waals surface area contributed by atoms with Crippen LogP contribution in [0.15, 0.2) is 17.5 Å². The first kappa shape index (κ1) is 10.1. The van der Waals surface area contributed by atoms with Crippen LogP contribution < -0.4 is 5.73 Å².